The van der Waals surface area contributed by atoms with E-state index < -0.39 is 0 Å². The van der Waals surface area contributed by atoms with E-state index >= 15 is 0 Å². The molecule has 0 unspecified atom stereocenters. The van der Waals surface area contributed by atoms with Gasteiger partial charge in [0.1, 0.15) is 16.9 Å². The molecule has 0 bridgehead atoms. The average Bonchev–Trinajstić information content (AvgIpc) is 3.93. The van der Waals surface area contributed by atoms with E-state index in [4.69, 9.17) is 24.4 Å². The lowest BCUT2D eigenvalue weighted by molar-refractivity contribution is 0.668. The molecule has 13 aromatic rings. The number of benzene rings is 9. The summed E-state index contributed by atoms with van der Waals surface area (Å²) >= 11 is 0. The van der Waals surface area contributed by atoms with Crippen molar-refractivity contribution < 1.29 is 4.42 Å². The molecule has 0 saturated carbocycles. The van der Waals surface area contributed by atoms with Crippen LogP contribution < -0.4 is 0 Å². The molecule has 0 aliphatic carbocycles. The minimum Gasteiger partial charge on any atom is -0.456 e. The highest BCUT2D eigenvalue weighted by atomic mass is 16.3. The lowest BCUT2D eigenvalue weighted by Gasteiger charge is -2.13. The first kappa shape index (κ1) is 36.0. The van der Waals surface area contributed by atoms with Gasteiger partial charge in [-0.15, -0.1) is 0 Å². The van der Waals surface area contributed by atoms with Crippen molar-refractivity contribution in [3.63, 3.8) is 0 Å². The molecular weight excluding hydrogens is 783 g/mol. The van der Waals surface area contributed by atoms with Crippen molar-refractivity contribution in [2.24, 2.45) is 0 Å². The Morgan fingerprint density at radius 3 is 1.84 bits per heavy atom. The van der Waals surface area contributed by atoms with Crippen LogP contribution in [-0.4, -0.2) is 24.5 Å². The average molecular weight is 818 g/mol. The molecule has 0 fully saturated rings. The molecule has 0 amide bonds. The molecule has 6 nitrogen and oxygen atoms in total. The summed E-state index contributed by atoms with van der Waals surface area (Å²) in [6, 6.07) is 72.4. The second kappa shape index (κ2) is 14.4. The highest BCUT2D eigenvalue weighted by Gasteiger charge is 2.21. The van der Waals surface area contributed by atoms with Crippen molar-refractivity contribution in [2.45, 2.75) is 0 Å². The summed E-state index contributed by atoms with van der Waals surface area (Å²) < 4.78 is 8.66. The summed E-state index contributed by atoms with van der Waals surface area (Å²) in [5, 5.41) is 9.25. The van der Waals surface area contributed by atoms with Gasteiger partial charge in [-0.1, -0.05) is 164 Å². The number of fused-ring (bicyclic) bond motifs is 9. The maximum atomic E-state index is 6.29. The lowest BCUT2D eigenvalue weighted by atomic mass is 9.98. The van der Waals surface area contributed by atoms with Gasteiger partial charge >= 0.3 is 0 Å². The van der Waals surface area contributed by atoms with Gasteiger partial charge in [-0.2, -0.15) is 0 Å². The van der Waals surface area contributed by atoms with Crippen molar-refractivity contribution in [3.05, 3.63) is 212 Å². The smallest absolute Gasteiger partial charge is 0.183 e. The van der Waals surface area contributed by atoms with Gasteiger partial charge in [0.05, 0.1) is 16.4 Å². The first-order chi connectivity index (χ1) is 31.7. The Kier molecular flexibility index (Phi) is 8.11. The highest BCUT2D eigenvalue weighted by Crippen LogP contribution is 2.40. The molecule has 0 aliphatic heterocycles. The first-order valence-electron chi connectivity index (χ1n) is 21.5. The van der Waals surface area contributed by atoms with E-state index in [-0.39, 0.29) is 0 Å². The third-order valence-electron chi connectivity index (χ3n) is 12.5. The molecule has 9 aromatic carbocycles. The molecule has 0 radical (unpaired) electrons. The van der Waals surface area contributed by atoms with Crippen LogP contribution in [0.5, 0.6) is 0 Å². The first-order valence-corrected chi connectivity index (χ1v) is 21.5. The monoisotopic (exact) mass is 817 g/mol. The largest absolute Gasteiger partial charge is 0.456 e. The molecule has 0 saturated heterocycles. The van der Waals surface area contributed by atoms with Gasteiger partial charge in [0.25, 0.3) is 0 Å². The molecular formula is C58H35N5O. The van der Waals surface area contributed by atoms with Crippen molar-refractivity contribution >= 4 is 65.3 Å². The predicted molar refractivity (Wildman–Crippen MR) is 261 cm³/mol. The number of hydrogen-bond acceptors (Lipinski definition) is 5. The number of nitrogens with zero attached hydrogens (tertiary/aromatic N) is 5. The molecule has 13 rings (SSSR count). The molecule has 4 aromatic heterocycles. The second-order valence-electron chi connectivity index (χ2n) is 16.2. The summed E-state index contributed by atoms with van der Waals surface area (Å²) in [6.07, 6.45) is 1.76. The summed E-state index contributed by atoms with van der Waals surface area (Å²) in [7, 11) is 0. The van der Waals surface area contributed by atoms with Crippen molar-refractivity contribution in [1.82, 2.24) is 24.5 Å². The van der Waals surface area contributed by atoms with Crippen LogP contribution >= 0.6 is 0 Å². The predicted octanol–water partition coefficient (Wildman–Crippen LogP) is 14.9. The Balaban J connectivity index is 0.950. The third-order valence-corrected chi connectivity index (χ3v) is 12.5. The van der Waals surface area contributed by atoms with E-state index in [9.17, 15) is 0 Å². The minimum atomic E-state index is 0.472. The fourth-order valence-electron chi connectivity index (χ4n) is 9.49. The summed E-state index contributed by atoms with van der Waals surface area (Å²) in [5.41, 5.74) is 11.7. The quantitative estimate of drug-likeness (QED) is 0.167. The SMILES string of the molecule is c1ccc(-c2nc(-c3ccc(-c4ccc5ccccc5c4)cc3)nc(-c3nccc4oc5ccccc5c34)n2)c(-c2ccc(-n3c4ccccc4c4c5ccccc5ccc43)cc2)c1. The summed E-state index contributed by atoms with van der Waals surface area (Å²) in [5.74, 6) is 1.58. The third kappa shape index (κ3) is 5.81. The van der Waals surface area contributed by atoms with Crippen LogP contribution in [-0.2, 0) is 0 Å². The van der Waals surface area contributed by atoms with Gasteiger partial charge in [-0.05, 0) is 86.3 Å². The number of aromatic nitrogens is 5. The zero-order valence-electron chi connectivity index (χ0n) is 34.4. The number of pyridine rings is 1. The van der Waals surface area contributed by atoms with E-state index in [2.05, 4.69) is 180 Å². The molecule has 64 heavy (non-hydrogen) atoms. The zero-order valence-corrected chi connectivity index (χ0v) is 34.4. The Morgan fingerprint density at radius 1 is 0.359 bits per heavy atom. The van der Waals surface area contributed by atoms with E-state index in [1.165, 1.54) is 43.4 Å². The van der Waals surface area contributed by atoms with Crippen LogP contribution in [0, 0.1) is 0 Å². The normalized spacial score (nSPS) is 11.8. The van der Waals surface area contributed by atoms with Gasteiger partial charge in [0.15, 0.2) is 17.5 Å². The fraction of sp³-hybridized carbons (Fsp3) is 0. The second-order valence-corrected chi connectivity index (χ2v) is 16.2. The van der Waals surface area contributed by atoms with Crippen molar-refractivity contribution in [1.29, 1.82) is 0 Å². The molecule has 6 heteroatoms. The topological polar surface area (TPSA) is 69.6 Å². The van der Waals surface area contributed by atoms with Crippen LogP contribution in [0.25, 0.3) is 128 Å². The molecule has 298 valence electrons. The van der Waals surface area contributed by atoms with Gasteiger partial charge in [-0.3, -0.25) is 4.98 Å². The number of para-hydroxylation sites is 2. The van der Waals surface area contributed by atoms with E-state index in [0.717, 1.165) is 61.0 Å². The Bertz CT molecular complexity index is 3960. The fourth-order valence-corrected chi connectivity index (χ4v) is 9.49. The van der Waals surface area contributed by atoms with Gasteiger partial charge < -0.3 is 8.98 Å². The van der Waals surface area contributed by atoms with Crippen LogP contribution in [0.3, 0.4) is 0 Å². The summed E-state index contributed by atoms with van der Waals surface area (Å²) in [4.78, 5) is 20.5. The van der Waals surface area contributed by atoms with Gasteiger partial charge in [0, 0.05) is 39.2 Å². The highest BCUT2D eigenvalue weighted by molar-refractivity contribution is 6.21. The lowest BCUT2D eigenvalue weighted by Crippen LogP contribution is -2.02. The molecule has 0 atom stereocenters. The van der Waals surface area contributed by atoms with Crippen molar-refractivity contribution in [3.8, 4) is 62.2 Å². The maximum Gasteiger partial charge on any atom is 0.183 e. The molecule has 0 aliphatic rings. The van der Waals surface area contributed by atoms with Gasteiger partial charge in [-0.25, -0.2) is 15.0 Å². The Hall–Kier alpha value is -8.74. The van der Waals surface area contributed by atoms with E-state index in [0.29, 0.717) is 23.2 Å². The number of rotatable bonds is 6. The van der Waals surface area contributed by atoms with Crippen LogP contribution in [0.15, 0.2) is 217 Å². The minimum absolute atomic E-state index is 0.472. The molecule has 0 spiro atoms. The summed E-state index contributed by atoms with van der Waals surface area (Å²) in [6.45, 7) is 0. The molecule has 0 N–H and O–H groups in total. The van der Waals surface area contributed by atoms with Crippen molar-refractivity contribution in [2.75, 3.05) is 0 Å². The maximum absolute atomic E-state index is 6.29. The molecule has 4 heterocycles. The van der Waals surface area contributed by atoms with Crippen LogP contribution in [0.4, 0.5) is 0 Å². The Labute approximate surface area is 367 Å². The standard InChI is InChI=1S/C58H35N5O/c1-2-13-41-35-42(26-23-36(41)11-1)37-21-24-40(25-22-37)56-60-57(62-58(61-56)55-54-48-18-8-10-20-51(48)64-52(54)33-34-59-55)46-16-6-5-14-44(46)39-27-30-43(31-28-39)63-49-19-9-7-17-47(49)53-45-15-4-3-12-38(45)29-32-50(53)63/h1-35H. The van der Waals surface area contributed by atoms with Gasteiger partial charge in [0.2, 0.25) is 0 Å². The van der Waals surface area contributed by atoms with E-state index in [1.807, 2.05) is 30.3 Å². The van der Waals surface area contributed by atoms with E-state index in [1.54, 1.807) is 6.20 Å². The number of hydrogen-bond donors (Lipinski definition) is 0. The Morgan fingerprint density at radius 2 is 0.984 bits per heavy atom. The van der Waals surface area contributed by atoms with Crippen LogP contribution in [0.1, 0.15) is 0 Å². The zero-order chi connectivity index (χ0) is 42.1. The van der Waals surface area contributed by atoms with Crippen LogP contribution in [0.2, 0.25) is 0 Å². The number of furan rings is 1.